The van der Waals surface area contributed by atoms with Crippen LogP contribution in [0.4, 0.5) is 0 Å². The molecular weight excluding hydrogens is 236 g/mol. The molecule has 0 spiro atoms. The highest BCUT2D eigenvalue weighted by Gasteiger charge is 2.08. The first-order chi connectivity index (χ1) is 8.15. The Balaban J connectivity index is 2.23. The maximum absolute atomic E-state index is 11.3. The highest BCUT2D eigenvalue weighted by atomic mass is 32.1. The lowest BCUT2D eigenvalue weighted by Crippen LogP contribution is -2.13. The number of para-hydroxylation sites is 1. The quantitative estimate of drug-likeness (QED) is 0.821. The molecule has 1 aromatic carbocycles. The van der Waals surface area contributed by atoms with Crippen LogP contribution in [0.25, 0.3) is 0 Å². The van der Waals surface area contributed by atoms with Crippen LogP contribution in [-0.4, -0.2) is 9.97 Å². The van der Waals surface area contributed by atoms with Crippen LogP contribution in [0, 0.1) is 4.77 Å². The summed E-state index contributed by atoms with van der Waals surface area (Å²) in [5.74, 6) is 0.750. The van der Waals surface area contributed by atoms with E-state index in [0.717, 1.165) is 5.75 Å². The lowest BCUT2D eigenvalue weighted by molar-refractivity contribution is 0.221. The molecule has 2 rings (SSSR count). The van der Waals surface area contributed by atoms with Gasteiger partial charge in [-0.1, -0.05) is 18.2 Å². The smallest absolute Gasteiger partial charge is 0.252 e. The molecule has 1 heterocycles. The minimum Gasteiger partial charge on any atom is -0.485 e. The van der Waals surface area contributed by atoms with Crippen molar-refractivity contribution in [2.75, 3.05) is 0 Å². The van der Waals surface area contributed by atoms with Gasteiger partial charge >= 0.3 is 0 Å². The monoisotopic (exact) mass is 248 g/mol. The van der Waals surface area contributed by atoms with E-state index >= 15 is 0 Å². The summed E-state index contributed by atoms with van der Waals surface area (Å²) < 4.78 is 5.98. The molecule has 88 valence electrons. The molecule has 0 aliphatic heterocycles. The van der Waals surface area contributed by atoms with Crippen LogP contribution in [0.15, 0.2) is 41.2 Å². The Hall–Kier alpha value is -1.88. The van der Waals surface area contributed by atoms with Crippen molar-refractivity contribution in [3.63, 3.8) is 0 Å². The van der Waals surface area contributed by atoms with Crippen molar-refractivity contribution < 1.29 is 4.74 Å². The second-order valence-corrected chi connectivity index (χ2v) is 4.02. The average molecular weight is 248 g/mol. The molecular formula is C12H12N2O2S. The third kappa shape index (κ3) is 3.04. The minimum absolute atomic E-state index is 0.229. The van der Waals surface area contributed by atoms with Crippen molar-refractivity contribution >= 4 is 12.2 Å². The molecule has 0 amide bonds. The zero-order chi connectivity index (χ0) is 12.3. The normalized spacial score (nSPS) is 12.1. The zero-order valence-electron chi connectivity index (χ0n) is 9.27. The SMILES string of the molecule is C[C@H](Oc1ccccc1)c1cc(=O)[nH]c(=S)[nH]1. The van der Waals surface area contributed by atoms with Crippen LogP contribution in [0.3, 0.4) is 0 Å². The lowest BCUT2D eigenvalue weighted by Gasteiger charge is -2.14. The van der Waals surface area contributed by atoms with E-state index in [1.165, 1.54) is 6.07 Å². The van der Waals surface area contributed by atoms with Gasteiger partial charge in [-0.3, -0.25) is 9.78 Å². The Morgan fingerprint density at radius 1 is 1.24 bits per heavy atom. The molecule has 4 nitrogen and oxygen atoms in total. The fraction of sp³-hybridized carbons (Fsp3) is 0.167. The maximum atomic E-state index is 11.3. The van der Waals surface area contributed by atoms with Gasteiger partial charge in [-0.15, -0.1) is 0 Å². The topological polar surface area (TPSA) is 57.9 Å². The van der Waals surface area contributed by atoms with E-state index in [0.29, 0.717) is 10.5 Å². The fourth-order valence-corrected chi connectivity index (χ4v) is 1.69. The predicted molar refractivity (Wildman–Crippen MR) is 67.7 cm³/mol. The molecule has 0 fully saturated rings. The van der Waals surface area contributed by atoms with E-state index in [1.807, 2.05) is 37.3 Å². The first-order valence-corrected chi connectivity index (χ1v) is 5.61. The van der Waals surface area contributed by atoms with E-state index in [-0.39, 0.29) is 11.7 Å². The molecule has 0 aliphatic rings. The number of aromatic nitrogens is 2. The summed E-state index contributed by atoms with van der Waals surface area (Å²) >= 11 is 4.90. The van der Waals surface area contributed by atoms with Crippen molar-refractivity contribution in [3.8, 4) is 5.75 Å². The van der Waals surface area contributed by atoms with Crippen LogP contribution in [-0.2, 0) is 0 Å². The van der Waals surface area contributed by atoms with Gasteiger partial charge in [-0.05, 0) is 31.3 Å². The number of hydrogen-bond acceptors (Lipinski definition) is 3. The van der Waals surface area contributed by atoms with Crippen molar-refractivity contribution in [1.29, 1.82) is 0 Å². The van der Waals surface area contributed by atoms with Gasteiger partial charge in [0.15, 0.2) is 4.77 Å². The molecule has 0 saturated carbocycles. The first-order valence-electron chi connectivity index (χ1n) is 5.20. The summed E-state index contributed by atoms with van der Waals surface area (Å²) in [6.07, 6.45) is -0.263. The fourth-order valence-electron chi connectivity index (χ4n) is 1.47. The van der Waals surface area contributed by atoms with Crippen molar-refractivity contribution in [3.05, 3.63) is 57.2 Å². The molecule has 2 N–H and O–H groups in total. The van der Waals surface area contributed by atoms with Crippen molar-refractivity contribution in [1.82, 2.24) is 9.97 Å². The molecule has 1 aromatic heterocycles. The van der Waals surface area contributed by atoms with E-state index in [1.54, 1.807) is 0 Å². The number of H-pyrrole nitrogens is 2. The van der Waals surface area contributed by atoms with E-state index < -0.39 is 0 Å². The molecule has 0 unspecified atom stereocenters. The van der Waals surface area contributed by atoms with Crippen LogP contribution < -0.4 is 10.3 Å². The Kier molecular flexibility index (Phi) is 3.39. The third-order valence-corrected chi connectivity index (χ3v) is 2.48. The molecule has 2 aromatic rings. The molecule has 0 saturated heterocycles. The summed E-state index contributed by atoms with van der Waals surface area (Å²) in [5, 5.41) is 0. The van der Waals surface area contributed by atoms with Gasteiger partial charge in [0, 0.05) is 6.07 Å². The highest BCUT2D eigenvalue weighted by molar-refractivity contribution is 7.71. The average Bonchev–Trinajstić information content (AvgIpc) is 2.29. The number of benzene rings is 1. The molecule has 0 aliphatic carbocycles. The lowest BCUT2D eigenvalue weighted by atomic mass is 10.2. The summed E-state index contributed by atoms with van der Waals surface area (Å²) in [6, 6.07) is 10.9. The van der Waals surface area contributed by atoms with E-state index in [9.17, 15) is 4.79 Å². The van der Waals surface area contributed by atoms with E-state index in [4.69, 9.17) is 17.0 Å². The van der Waals surface area contributed by atoms with Crippen LogP contribution in [0.5, 0.6) is 5.75 Å². The molecule has 1 atom stereocenters. The van der Waals surface area contributed by atoms with Gasteiger partial charge in [0.25, 0.3) is 5.56 Å². The maximum Gasteiger partial charge on any atom is 0.252 e. The summed E-state index contributed by atoms with van der Waals surface area (Å²) in [4.78, 5) is 16.7. The third-order valence-electron chi connectivity index (χ3n) is 2.28. The highest BCUT2D eigenvalue weighted by Crippen LogP contribution is 2.18. The van der Waals surface area contributed by atoms with E-state index in [2.05, 4.69) is 9.97 Å². The van der Waals surface area contributed by atoms with Gasteiger partial charge in [-0.2, -0.15) is 0 Å². The Bertz CT molecular complexity index is 575. The number of rotatable bonds is 3. The first kappa shape index (κ1) is 11.6. The number of ether oxygens (including phenoxy) is 1. The van der Waals surface area contributed by atoms with Crippen molar-refractivity contribution in [2.45, 2.75) is 13.0 Å². The number of aromatic amines is 2. The molecule has 0 radical (unpaired) electrons. The molecule has 5 heteroatoms. The summed E-state index contributed by atoms with van der Waals surface area (Å²) in [6.45, 7) is 1.85. The number of hydrogen-bond donors (Lipinski definition) is 2. The predicted octanol–water partition coefficient (Wildman–Crippen LogP) is 2.57. The Labute approximate surface area is 103 Å². The Morgan fingerprint density at radius 3 is 2.59 bits per heavy atom. The summed E-state index contributed by atoms with van der Waals surface area (Å²) in [5.41, 5.74) is 0.426. The molecule has 0 bridgehead atoms. The second-order valence-electron chi connectivity index (χ2n) is 3.62. The zero-order valence-corrected chi connectivity index (χ0v) is 10.1. The standard InChI is InChI=1S/C12H12N2O2S/c1-8(16-9-5-3-2-4-6-9)10-7-11(15)14-12(17)13-10/h2-8H,1H3,(H2,13,14,15,17)/t8-/m0/s1. The van der Waals surface area contributed by atoms with Crippen LogP contribution in [0.2, 0.25) is 0 Å². The van der Waals surface area contributed by atoms with Gasteiger partial charge in [-0.25, -0.2) is 0 Å². The van der Waals surface area contributed by atoms with Crippen molar-refractivity contribution in [2.24, 2.45) is 0 Å². The molecule has 17 heavy (non-hydrogen) atoms. The second kappa shape index (κ2) is 4.97. The minimum atomic E-state index is -0.263. The summed E-state index contributed by atoms with van der Waals surface area (Å²) in [7, 11) is 0. The number of nitrogens with one attached hydrogen (secondary N) is 2. The largest absolute Gasteiger partial charge is 0.485 e. The van der Waals surface area contributed by atoms with Crippen LogP contribution in [0.1, 0.15) is 18.7 Å². The van der Waals surface area contributed by atoms with Gasteiger partial charge in [0.1, 0.15) is 11.9 Å². The van der Waals surface area contributed by atoms with Gasteiger partial charge < -0.3 is 9.72 Å². The van der Waals surface area contributed by atoms with Gasteiger partial charge in [0.2, 0.25) is 0 Å². The Morgan fingerprint density at radius 2 is 1.94 bits per heavy atom. The van der Waals surface area contributed by atoms with Crippen LogP contribution >= 0.6 is 12.2 Å². The van der Waals surface area contributed by atoms with Gasteiger partial charge in [0.05, 0.1) is 5.69 Å².